The van der Waals surface area contributed by atoms with Crippen LogP contribution in [0.2, 0.25) is 0 Å². The Bertz CT molecular complexity index is 581. The molecule has 0 saturated carbocycles. The maximum Gasteiger partial charge on any atom is 0.164 e. The van der Waals surface area contributed by atoms with E-state index in [1.807, 2.05) is 12.1 Å². The van der Waals surface area contributed by atoms with Gasteiger partial charge in [-0.15, -0.1) is 0 Å². The highest BCUT2D eigenvalue weighted by molar-refractivity contribution is 5.50. The molecule has 1 aromatic carbocycles. The van der Waals surface area contributed by atoms with Crippen molar-refractivity contribution in [3.63, 3.8) is 0 Å². The van der Waals surface area contributed by atoms with Crippen molar-refractivity contribution in [3.05, 3.63) is 17.7 Å². The standard InChI is InChI=1S/C19H30N2O4/c1-23-17-10-19(25-3)18(24-2)9-14(17)11-21-13-15-5-4-7-20(15)12-16(21)6-8-22/h9-10,15-16,22H,4-8,11-13H2,1-3H3/t15?,16-/m0/s1. The van der Waals surface area contributed by atoms with Gasteiger partial charge in [-0.2, -0.15) is 0 Å². The maximum absolute atomic E-state index is 9.49. The molecular formula is C19H30N2O4. The number of hydrogen-bond acceptors (Lipinski definition) is 6. The van der Waals surface area contributed by atoms with E-state index in [9.17, 15) is 5.11 Å². The molecule has 2 heterocycles. The van der Waals surface area contributed by atoms with Crippen LogP contribution in [0.5, 0.6) is 17.2 Å². The van der Waals surface area contributed by atoms with E-state index in [-0.39, 0.29) is 6.61 Å². The highest BCUT2D eigenvalue weighted by atomic mass is 16.5. The summed E-state index contributed by atoms with van der Waals surface area (Å²) in [5.74, 6) is 2.21. The van der Waals surface area contributed by atoms with Gasteiger partial charge in [-0.1, -0.05) is 0 Å². The lowest BCUT2D eigenvalue weighted by molar-refractivity contribution is 0.0329. The molecule has 2 aliphatic rings. The summed E-state index contributed by atoms with van der Waals surface area (Å²) in [5.41, 5.74) is 1.09. The summed E-state index contributed by atoms with van der Waals surface area (Å²) in [5, 5.41) is 9.49. The molecule has 140 valence electrons. The molecule has 0 bridgehead atoms. The van der Waals surface area contributed by atoms with E-state index in [4.69, 9.17) is 14.2 Å². The van der Waals surface area contributed by atoms with E-state index in [0.717, 1.165) is 43.1 Å². The molecule has 0 aromatic heterocycles. The summed E-state index contributed by atoms with van der Waals surface area (Å²) in [7, 11) is 4.97. The second kappa shape index (κ2) is 8.25. The van der Waals surface area contributed by atoms with Crippen LogP contribution in [-0.2, 0) is 6.54 Å². The molecule has 25 heavy (non-hydrogen) atoms. The fourth-order valence-electron chi connectivity index (χ4n) is 4.20. The summed E-state index contributed by atoms with van der Waals surface area (Å²) >= 11 is 0. The summed E-state index contributed by atoms with van der Waals surface area (Å²) in [4.78, 5) is 5.08. The lowest BCUT2D eigenvalue weighted by Crippen LogP contribution is -2.55. The summed E-state index contributed by atoms with van der Waals surface area (Å²) in [6, 6.07) is 4.91. The molecule has 1 aromatic rings. The molecule has 1 unspecified atom stereocenters. The highest BCUT2D eigenvalue weighted by Gasteiger charge is 2.36. The quantitative estimate of drug-likeness (QED) is 0.808. The minimum absolute atomic E-state index is 0.225. The van der Waals surface area contributed by atoms with Crippen molar-refractivity contribution in [2.24, 2.45) is 0 Å². The van der Waals surface area contributed by atoms with Gasteiger partial charge in [0.05, 0.1) is 21.3 Å². The zero-order valence-corrected chi connectivity index (χ0v) is 15.5. The van der Waals surface area contributed by atoms with Crippen LogP contribution in [0.1, 0.15) is 24.8 Å². The zero-order chi connectivity index (χ0) is 17.8. The number of ether oxygens (including phenoxy) is 3. The smallest absolute Gasteiger partial charge is 0.164 e. The summed E-state index contributed by atoms with van der Waals surface area (Å²) in [6.07, 6.45) is 3.36. The van der Waals surface area contributed by atoms with Crippen molar-refractivity contribution in [3.8, 4) is 17.2 Å². The topological polar surface area (TPSA) is 54.4 Å². The molecule has 0 radical (unpaired) electrons. The maximum atomic E-state index is 9.49. The Morgan fingerprint density at radius 1 is 1.04 bits per heavy atom. The number of benzene rings is 1. The van der Waals surface area contributed by atoms with Gasteiger partial charge in [0.15, 0.2) is 11.5 Å². The molecule has 6 nitrogen and oxygen atoms in total. The molecule has 3 rings (SSSR count). The minimum atomic E-state index is 0.225. The molecule has 0 spiro atoms. The van der Waals surface area contributed by atoms with Crippen molar-refractivity contribution in [1.82, 2.24) is 9.80 Å². The molecule has 0 amide bonds. The van der Waals surface area contributed by atoms with Crippen molar-refractivity contribution < 1.29 is 19.3 Å². The predicted octanol–water partition coefficient (Wildman–Crippen LogP) is 1.74. The van der Waals surface area contributed by atoms with Gasteiger partial charge in [-0.05, 0) is 31.9 Å². The first-order valence-electron chi connectivity index (χ1n) is 9.08. The van der Waals surface area contributed by atoms with Crippen LogP contribution in [0, 0.1) is 0 Å². The molecule has 2 atom stereocenters. The fraction of sp³-hybridized carbons (Fsp3) is 0.684. The monoisotopic (exact) mass is 350 g/mol. The highest BCUT2D eigenvalue weighted by Crippen LogP contribution is 2.36. The molecule has 0 aliphatic carbocycles. The molecule has 2 saturated heterocycles. The number of fused-ring (bicyclic) bond motifs is 1. The molecule has 2 aliphatic heterocycles. The molecule has 6 heteroatoms. The predicted molar refractivity (Wildman–Crippen MR) is 96.6 cm³/mol. The molecule has 1 N–H and O–H groups in total. The van der Waals surface area contributed by atoms with Gasteiger partial charge in [0.1, 0.15) is 5.75 Å². The first kappa shape index (κ1) is 18.3. The largest absolute Gasteiger partial charge is 0.496 e. The van der Waals surface area contributed by atoms with E-state index in [1.165, 1.54) is 19.4 Å². The van der Waals surface area contributed by atoms with Crippen molar-refractivity contribution in [2.45, 2.75) is 37.9 Å². The summed E-state index contributed by atoms with van der Waals surface area (Å²) < 4.78 is 16.4. The number of piperazine rings is 1. The second-order valence-electron chi connectivity index (χ2n) is 6.91. The fourth-order valence-corrected chi connectivity index (χ4v) is 4.20. The van der Waals surface area contributed by atoms with Crippen molar-refractivity contribution in [2.75, 3.05) is 47.6 Å². The van der Waals surface area contributed by atoms with Crippen LogP contribution in [0.3, 0.4) is 0 Å². The molecular weight excluding hydrogens is 320 g/mol. The Morgan fingerprint density at radius 3 is 2.44 bits per heavy atom. The van der Waals surface area contributed by atoms with Crippen LogP contribution in [0.4, 0.5) is 0 Å². The van der Waals surface area contributed by atoms with E-state index in [1.54, 1.807) is 21.3 Å². The second-order valence-corrected chi connectivity index (χ2v) is 6.91. The van der Waals surface area contributed by atoms with Crippen LogP contribution in [0.25, 0.3) is 0 Å². The van der Waals surface area contributed by atoms with E-state index in [2.05, 4.69) is 9.80 Å². The average molecular weight is 350 g/mol. The first-order chi connectivity index (χ1) is 12.2. The third-order valence-corrected chi connectivity index (χ3v) is 5.53. The first-order valence-corrected chi connectivity index (χ1v) is 9.08. The average Bonchev–Trinajstić information content (AvgIpc) is 3.08. The number of aliphatic hydroxyl groups is 1. The van der Waals surface area contributed by atoms with Gasteiger partial charge < -0.3 is 19.3 Å². The lowest BCUT2D eigenvalue weighted by atomic mass is 10.0. The number of hydrogen-bond donors (Lipinski definition) is 1. The summed E-state index contributed by atoms with van der Waals surface area (Å²) in [6.45, 7) is 4.30. The van der Waals surface area contributed by atoms with Crippen LogP contribution < -0.4 is 14.2 Å². The van der Waals surface area contributed by atoms with E-state index in [0.29, 0.717) is 17.8 Å². The third-order valence-electron chi connectivity index (χ3n) is 5.53. The SMILES string of the molecule is COc1cc(OC)c(OC)cc1CN1CC2CCCN2C[C@@H]1CCO. The Morgan fingerprint density at radius 2 is 1.76 bits per heavy atom. The van der Waals surface area contributed by atoms with Crippen molar-refractivity contribution >= 4 is 0 Å². The Balaban J connectivity index is 1.83. The number of nitrogens with zero attached hydrogens (tertiary/aromatic N) is 2. The normalized spacial score (nSPS) is 24.2. The van der Waals surface area contributed by atoms with Crippen LogP contribution in [-0.4, -0.2) is 74.6 Å². The van der Waals surface area contributed by atoms with E-state index < -0.39 is 0 Å². The van der Waals surface area contributed by atoms with Crippen LogP contribution >= 0.6 is 0 Å². The zero-order valence-electron chi connectivity index (χ0n) is 15.5. The van der Waals surface area contributed by atoms with Crippen molar-refractivity contribution in [1.29, 1.82) is 0 Å². The van der Waals surface area contributed by atoms with Gasteiger partial charge in [0.2, 0.25) is 0 Å². The number of methoxy groups -OCH3 is 3. The minimum Gasteiger partial charge on any atom is -0.496 e. The van der Waals surface area contributed by atoms with Crippen LogP contribution in [0.15, 0.2) is 12.1 Å². The lowest BCUT2D eigenvalue weighted by Gasteiger charge is -2.44. The van der Waals surface area contributed by atoms with Gasteiger partial charge in [-0.3, -0.25) is 9.80 Å². The van der Waals surface area contributed by atoms with E-state index >= 15 is 0 Å². The Hall–Kier alpha value is -1.50. The van der Waals surface area contributed by atoms with Gasteiger partial charge in [-0.25, -0.2) is 0 Å². The Labute approximate surface area is 150 Å². The number of aliphatic hydroxyl groups excluding tert-OH is 1. The number of rotatable bonds is 7. The third kappa shape index (κ3) is 3.86. The Kier molecular flexibility index (Phi) is 6.04. The molecule has 2 fully saturated rings. The van der Waals surface area contributed by atoms with Gasteiger partial charge in [0, 0.05) is 50.0 Å². The van der Waals surface area contributed by atoms with Gasteiger partial charge >= 0.3 is 0 Å². The van der Waals surface area contributed by atoms with Gasteiger partial charge in [0.25, 0.3) is 0 Å².